The lowest BCUT2D eigenvalue weighted by molar-refractivity contribution is 0.0841. The molecule has 0 aromatic heterocycles. The van der Waals surface area contributed by atoms with Crippen LogP contribution >= 0.6 is 0 Å². The maximum Gasteiger partial charge on any atom is 0.229 e. The van der Waals surface area contributed by atoms with Gasteiger partial charge in [0.05, 0.1) is 6.26 Å². The van der Waals surface area contributed by atoms with Crippen LogP contribution in [0.25, 0.3) is 0 Å². The summed E-state index contributed by atoms with van der Waals surface area (Å²) >= 11 is 0. The number of rotatable bonds is 7. The molecule has 1 saturated heterocycles. The van der Waals surface area contributed by atoms with Crippen molar-refractivity contribution in [2.75, 3.05) is 30.6 Å². The fraction of sp³-hybridized carbons (Fsp3) is 0.381. The Morgan fingerprint density at radius 2 is 1.67 bits per heavy atom. The van der Waals surface area contributed by atoms with Gasteiger partial charge in [-0.25, -0.2) is 8.42 Å². The lowest BCUT2D eigenvalue weighted by atomic mass is 9.88. The standard InChI is InChI=1S/C21H26N2O3S/c1-27(25,26)22-20-9-7-18(8-10-20)21(24)19-12-15-23(16-13-19)14-11-17-5-3-2-4-6-17/h2-10,19,22H,11-16H2,1H3. The summed E-state index contributed by atoms with van der Waals surface area (Å²) in [6.45, 7) is 2.91. The van der Waals surface area contributed by atoms with E-state index in [0.29, 0.717) is 11.3 Å². The summed E-state index contributed by atoms with van der Waals surface area (Å²) in [4.78, 5) is 15.2. The van der Waals surface area contributed by atoms with E-state index in [2.05, 4.69) is 33.9 Å². The number of nitrogens with zero attached hydrogens (tertiary/aromatic N) is 1. The molecule has 1 aliphatic heterocycles. The van der Waals surface area contributed by atoms with Crippen molar-refractivity contribution in [2.24, 2.45) is 5.92 Å². The molecule has 0 atom stereocenters. The van der Waals surface area contributed by atoms with Gasteiger partial charge in [0, 0.05) is 23.7 Å². The number of carbonyl (C=O) groups excluding carboxylic acids is 1. The number of ketones is 1. The lowest BCUT2D eigenvalue weighted by Crippen LogP contribution is -2.37. The van der Waals surface area contributed by atoms with Crippen LogP contribution in [0.2, 0.25) is 0 Å². The topological polar surface area (TPSA) is 66.5 Å². The molecule has 0 bridgehead atoms. The maximum atomic E-state index is 12.7. The van der Waals surface area contributed by atoms with Crippen LogP contribution in [0.5, 0.6) is 0 Å². The lowest BCUT2D eigenvalue weighted by Gasteiger charge is -2.31. The Kier molecular flexibility index (Phi) is 6.29. The highest BCUT2D eigenvalue weighted by atomic mass is 32.2. The van der Waals surface area contributed by atoms with E-state index in [1.54, 1.807) is 24.3 Å². The van der Waals surface area contributed by atoms with Gasteiger partial charge in [-0.15, -0.1) is 0 Å². The molecule has 144 valence electrons. The molecule has 0 saturated carbocycles. The van der Waals surface area contributed by atoms with Crippen LogP contribution in [-0.4, -0.2) is 45.0 Å². The van der Waals surface area contributed by atoms with Crippen molar-refractivity contribution >= 4 is 21.5 Å². The molecule has 1 N–H and O–H groups in total. The highest BCUT2D eigenvalue weighted by Gasteiger charge is 2.25. The van der Waals surface area contributed by atoms with Gasteiger partial charge in [0.25, 0.3) is 0 Å². The van der Waals surface area contributed by atoms with Crippen molar-refractivity contribution in [1.29, 1.82) is 0 Å². The van der Waals surface area contributed by atoms with Gasteiger partial charge < -0.3 is 4.90 Å². The normalized spacial score (nSPS) is 16.2. The minimum atomic E-state index is -3.30. The first kappa shape index (κ1) is 19.6. The summed E-state index contributed by atoms with van der Waals surface area (Å²) in [5.74, 6) is 0.204. The number of hydrogen-bond donors (Lipinski definition) is 1. The van der Waals surface area contributed by atoms with Crippen LogP contribution in [0, 0.1) is 5.92 Å². The molecule has 1 aliphatic rings. The van der Waals surface area contributed by atoms with E-state index in [-0.39, 0.29) is 11.7 Å². The molecule has 3 rings (SSSR count). The van der Waals surface area contributed by atoms with Crippen LogP contribution in [0.15, 0.2) is 54.6 Å². The Bertz CT molecular complexity index is 856. The minimum Gasteiger partial charge on any atom is -0.303 e. The quantitative estimate of drug-likeness (QED) is 0.742. The van der Waals surface area contributed by atoms with Crippen molar-refractivity contribution < 1.29 is 13.2 Å². The number of benzene rings is 2. The van der Waals surface area contributed by atoms with E-state index in [0.717, 1.165) is 45.2 Å². The van der Waals surface area contributed by atoms with E-state index in [9.17, 15) is 13.2 Å². The van der Waals surface area contributed by atoms with Crippen molar-refractivity contribution in [3.05, 3.63) is 65.7 Å². The van der Waals surface area contributed by atoms with Crippen LogP contribution in [-0.2, 0) is 16.4 Å². The summed E-state index contributed by atoms with van der Waals surface area (Å²) in [5, 5.41) is 0. The number of sulfonamides is 1. The maximum absolute atomic E-state index is 12.7. The molecule has 6 heteroatoms. The number of hydrogen-bond acceptors (Lipinski definition) is 4. The third-order valence-corrected chi connectivity index (χ3v) is 5.60. The van der Waals surface area contributed by atoms with Gasteiger partial charge in [-0.05, 0) is 62.2 Å². The van der Waals surface area contributed by atoms with E-state index in [4.69, 9.17) is 0 Å². The predicted molar refractivity (Wildman–Crippen MR) is 109 cm³/mol. The monoisotopic (exact) mass is 386 g/mol. The van der Waals surface area contributed by atoms with Crippen molar-refractivity contribution in [2.45, 2.75) is 19.3 Å². The van der Waals surface area contributed by atoms with E-state index in [1.807, 2.05) is 6.07 Å². The Labute approximate surface area is 161 Å². The first-order valence-electron chi connectivity index (χ1n) is 9.29. The number of anilines is 1. The van der Waals surface area contributed by atoms with Crippen molar-refractivity contribution in [1.82, 2.24) is 4.90 Å². The summed E-state index contributed by atoms with van der Waals surface area (Å²) in [5.41, 5.74) is 2.47. The van der Waals surface area contributed by atoms with Crippen LogP contribution in [0.4, 0.5) is 5.69 Å². The Morgan fingerprint density at radius 3 is 2.26 bits per heavy atom. The molecule has 0 amide bonds. The zero-order valence-electron chi connectivity index (χ0n) is 15.6. The summed E-state index contributed by atoms with van der Waals surface area (Å²) < 4.78 is 24.9. The molecule has 2 aromatic carbocycles. The van der Waals surface area contributed by atoms with Gasteiger partial charge in [-0.3, -0.25) is 9.52 Å². The first-order chi connectivity index (χ1) is 12.9. The van der Waals surface area contributed by atoms with Crippen LogP contribution in [0.1, 0.15) is 28.8 Å². The largest absolute Gasteiger partial charge is 0.303 e. The highest BCUT2D eigenvalue weighted by Crippen LogP contribution is 2.23. The first-order valence-corrected chi connectivity index (χ1v) is 11.2. The fourth-order valence-corrected chi connectivity index (χ4v) is 4.07. The zero-order chi connectivity index (χ0) is 19.3. The fourth-order valence-electron chi connectivity index (χ4n) is 3.50. The molecular weight excluding hydrogens is 360 g/mol. The molecule has 0 aliphatic carbocycles. The molecule has 5 nitrogen and oxygen atoms in total. The van der Waals surface area contributed by atoms with Crippen molar-refractivity contribution in [3.63, 3.8) is 0 Å². The van der Waals surface area contributed by atoms with E-state index >= 15 is 0 Å². The second-order valence-electron chi connectivity index (χ2n) is 7.17. The number of likely N-dealkylation sites (tertiary alicyclic amines) is 1. The second-order valence-corrected chi connectivity index (χ2v) is 8.92. The summed E-state index contributed by atoms with van der Waals surface area (Å²) in [7, 11) is -3.30. The van der Waals surface area contributed by atoms with Crippen molar-refractivity contribution in [3.8, 4) is 0 Å². The molecule has 0 unspecified atom stereocenters. The van der Waals surface area contributed by atoms with Gasteiger partial charge in [-0.1, -0.05) is 30.3 Å². The zero-order valence-corrected chi connectivity index (χ0v) is 16.4. The minimum absolute atomic E-state index is 0.0479. The molecule has 0 spiro atoms. The molecule has 0 radical (unpaired) electrons. The Morgan fingerprint density at radius 1 is 1.04 bits per heavy atom. The van der Waals surface area contributed by atoms with Gasteiger partial charge >= 0.3 is 0 Å². The summed E-state index contributed by atoms with van der Waals surface area (Å²) in [6.07, 6.45) is 3.89. The van der Waals surface area contributed by atoms with E-state index in [1.165, 1.54) is 5.56 Å². The Hall–Kier alpha value is -2.18. The van der Waals surface area contributed by atoms with Gasteiger partial charge in [0.1, 0.15) is 0 Å². The Balaban J connectivity index is 1.49. The van der Waals surface area contributed by atoms with Gasteiger partial charge in [0.2, 0.25) is 10.0 Å². The van der Waals surface area contributed by atoms with Crippen LogP contribution < -0.4 is 4.72 Å². The third kappa shape index (κ3) is 5.91. The summed E-state index contributed by atoms with van der Waals surface area (Å²) in [6, 6.07) is 17.2. The third-order valence-electron chi connectivity index (χ3n) is 4.99. The molecule has 27 heavy (non-hydrogen) atoms. The second kappa shape index (κ2) is 8.67. The highest BCUT2D eigenvalue weighted by molar-refractivity contribution is 7.92. The van der Waals surface area contributed by atoms with Crippen LogP contribution in [0.3, 0.4) is 0 Å². The van der Waals surface area contributed by atoms with E-state index < -0.39 is 10.0 Å². The van der Waals surface area contributed by atoms with Gasteiger partial charge in [0.15, 0.2) is 5.78 Å². The molecular formula is C21H26N2O3S. The molecule has 1 fully saturated rings. The number of carbonyl (C=O) groups is 1. The SMILES string of the molecule is CS(=O)(=O)Nc1ccc(C(=O)C2CCN(CCc3ccccc3)CC2)cc1. The number of Topliss-reactive ketones (excluding diaryl/α,β-unsaturated/α-hetero) is 1. The average Bonchev–Trinajstić information content (AvgIpc) is 2.66. The number of piperidine rings is 1. The average molecular weight is 387 g/mol. The molecule has 1 heterocycles. The van der Waals surface area contributed by atoms with Gasteiger partial charge in [-0.2, -0.15) is 0 Å². The smallest absolute Gasteiger partial charge is 0.229 e. The number of nitrogens with one attached hydrogen (secondary N) is 1. The molecule has 2 aromatic rings. The predicted octanol–water partition coefficient (Wildman–Crippen LogP) is 3.20.